The standard InChI is InChI=1S/C17H11N3O/c1-2-17(21-9-1)13-3-4-14-15(10-13)20-16(11-19-14)12-5-7-18-8-6-12/h1-11H. The predicted octanol–water partition coefficient (Wildman–Crippen LogP) is 3.95. The van der Waals surface area contributed by atoms with Gasteiger partial charge in [0.2, 0.25) is 0 Å². The Kier molecular flexibility index (Phi) is 2.71. The molecule has 4 heteroatoms. The van der Waals surface area contributed by atoms with E-state index in [1.54, 1.807) is 24.9 Å². The molecule has 4 nitrogen and oxygen atoms in total. The number of nitrogens with zero attached hydrogens (tertiary/aromatic N) is 3. The molecule has 4 aromatic rings. The van der Waals surface area contributed by atoms with Crippen LogP contribution in [0.15, 0.2) is 71.7 Å². The van der Waals surface area contributed by atoms with Crippen molar-refractivity contribution in [1.29, 1.82) is 0 Å². The van der Waals surface area contributed by atoms with Gasteiger partial charge in [-0.3, -0.25) is 9.97 Å². The van der Waals surface area contributed by atoms with Crippen molar-refractivity contribution < 1.29 is 4.42 Å². The average Bonchev–Trinajstić information content (AvgIpc) is 3.09. The number of furan rings is 1. The zero-order chi connectivity index (χ0) is 14.1. The van der Waals surface area contributed by atoms with Gasteiger partial charge in [-0.05, 0) is 42.5 Å². The van der Waals surface area contributed by atoms with E-state index in [0.717, 1.165) is 33.6 Å². The van der Waals surface area contributed by atoms with Crippen molar-refractivity contribution in [1.82, 2.24) is 15.0 Å². The summed E-state index contributed by atoms with van der Waals surface area (Å²) in [5.41, 5.74) is 4.54. The molecule has 1 aromatic carbocycles. The van der Waals surface area contributed by atoms with Crippen molar-refractivity contribution in [2.45, 2.75) is 0 Å². The summed E-state index contributed by atoms with van der Waals surface area (Å²) in [4.78, 5) is 13.2. The van der Waals surface area contributed by atoms with Crippen LogP contribution in [0.25, 0.3) is 33.6 Å². The third kappa shape index (κ3) is 2.17. The molecule has 0 aliphatic carbocycles. The van der Waals surface area contributed by atoms with Gasteiger partial charge in [-0.15, -0.1) is 0 Å². The molecule has 0 fully saturated rings. The molecule has 0 spiro atoms. The summed E-state index contributed by atoms with van der Waals surface area (Å²) in [5.74, 6) is 0.827. The van der Waals surface area contributed by atoms with Crippen LogP contribution in [0.2, 0.25) is 0 Å². The lowest BCUT2D eigenvalue weighted by Crippen LogP contribution is -1.89. The van der Waals surface area contributed by atoms with Gasteiger partial charge in [-0.25, -0.2) is 4.98 Å². The molecule has 3 aromatic heterocycles. The van der Waals surface area contributed by atoms with E-state index in [2.05, 4.69) is 15.0 Å². The van der Waals surface area contributed by atoms with Gasteiger partial charge in [0, 0.05) is 23.5 Å². The molecule has 0 aliphatic rings. The van der Waals surface area contributed by atoms with Crippen molar-refractivity contribution in [2.24, 2.45) is 0 Å². The molecule has 4 rings (SSSR count). The van der Waals surface area contributed by atoms with Crippen LogP contribution in [0, 0.1) is 0 Å². The first-order valence-electron chi connectivity index (χ1n) is 6.61. The predicted molar refractivity (Wildman–Crippen MR) is 80.5 cm³/mol. The van der Waals surface area contributed by atoms with Gasteiger partial charge < -0.3 is 4.42 Å². The van der Waals surface area contributed by atoms with Crippen LogP contribution in [0.3, 0.4) is 0 Å². The first kappa shape index (κ1) is 11.8. The Hall–Kier alpha value is -3.01. The van der Waals surface area contributed by atoms with E-state index in [9.17, 15) is 0 Å². The monoisotopic (exact) mass is 273 g/mol. The van der Waals surface area contributed by atoms with E-state index in [1.807, 2.05) is 42.5 Å². The molecule has 0 saturated carbocycles. The molecule has 0 bridgehead atoms. The fraction of sp³-hybridized carbons (Fsp3) is 0. The number of aromatic nitrogens is 3. The highest BCUT2D eigenvalue weighted by Gasteiger charge is 2.06. The second-order valence-corrected chi connectivity index (χ2v) is 4.67. The van der Waals surface area contributed by atoms with Crippen molar-refractivity contribution in [3.63, 3.8) is 0 Å². The Morgan fingerprint density at radius 2 is 1.76 bits per heavy atom. The summed E-state index contributed by atoms with van der Waals surface area (Å²) in [7, 11) is 0. The number of hydrogen-bond acceptors (Lipinski definition) is 4. The van der Waals surface area contributed by atoms with Gasteiger partial charge in [-0.2, -0.15) is 0 Å². The number of fused-ring (bicyclic) bond motifs is 1. The van der Waals surface area contributed by atoms with Crippen LogP contribution in [0.4, 0.5) is 0 Å². The largest absolute Gasteiger partial charge is 0.464 e. The Morgan fingerprint density at radius 1 is 0.857 bits per heavy atom. The molecule has 0 unspecified atom stereocenters. The highest BCUT2D eigenvalue weighted by Crippen LogP contribution is 2.24. The Balaban J connectivity index is 1.86. The minimum Gasteiger partial charge on any atom is -0.464 e. The van der Waals surface area contributed by atoms with Crippen molar-refractivity contribution in [3.05, 3.63) is 67.3 Å². The van der Waals surface area contributed by atoms with Gasteiger partial charge >= 0.3 is 0 Å². The van der Waals surface area contributed by atoms with Gasteiger partial charge in [0.15, 0.2) is 0 Å². The molecule has 21 heavy (non-hydrogen) atoms. The van der Waals surface area contributed by atoms with Crippen LogP contribution in [-0.4, -0.2) is 15.0 Å². The summed E-state index contributed by atoms with van der Waals surface area (Å²) in [6, 6.07) is 13.6. The lowest BCUT2D eigenvalue weighted by molar-refractivity contribution is 0.582. The third-order valence-electron chi connectivity index (χ3n) is 3.32. The first-order chi connectivity index (χ1) is 10.4. The maximum atomic E-state index is 5.43. The highest BCUT2D eigenvalue weighted by molar-refractivity contribution is 5.81. The zero-order valence-corrected chi connectivity index (χ0v) is 11.1. The van der Waals surface area contributed by atoms with E-state index in [1.165, 1.54) is 0 Å². The molecule has 0 atom stereocenters. The maximum absolute atomic E-state index is 5.43. The fourth-order valence-corrected chi connectivity index (χ4v) is 2.27. The summed E-state index contributed by atoms with van der Waals surface area (Å²) < 4.78 is 5.43. The van der Waals surface area contributed by atoms with Crippen molar-refractivity contribution in [2.75, 3.05) is 0 Å². The highest BCUT2D eigenvalue weighted by atomic mass is 16.3. The lowest BCUT2D eigenvalue weighted by Gasteiger charge is -2.04. The van der Waals surface area contributed by atoms with Crippen LogP contribution < -0.4 is 0 Å². The summed E-state index contributed by atoms with van der Waals surface area (Å²) in [6.07, 6.45) is 6.95. The minimum atomic E-state index is 0.827. The molecule has 0 N–H and O–H groups in total. The number of hydrogen-bond donors (Lipinski definition) is 0. The fourth-order valence-electron chi connectivity index (χ4n) is 2.27. The number of benzene rings is 1. The Morgan fingerprint density at radius 3 is 2.57 bits per heavy atom. The molecule has 0 amide bonds. The van der Waals surface area contributed by atoms with Crippen LogP contribution in [-0.2, 0) is 0 Å². The number of rotatable bonds is 2. The van der Waals surface area contributed by atoms with Gasteiger partial charge in [0.05, 0.1) is 29.2 Å². The maximum Gasteiger partial charge on any atom is 0.133 e. The van der Waals surface area contributed by atoms with E-state index >= 15 is 0 Å². The van der Waals surface area contributed by atoms with E-state index in [0.29, 0.717) is 0 Å². The molecule has 100 valence electrons. The van der Waals surface area contributed by atoms with E-state index < -0.39 is 0 Å². The van der Waals surface area contributed by atoms with Gasteiger partial charge in [0.25, 0.3) is 0 Å². The van der Waals surface area contributed by atoms with Crippen LogP contribution in [0.1, 0.15) is 0 Å². The normalized spacial score (nSPS) is 10.9. The van der Waals surface area contributed by atoms with Crippen LogP contribution in [0.5, 0.6) is 0 Å². The first-order valence-corrected chi connectivity index (χ1v) is 6.61. The number of pyridine rings is 1. The van der Waals surface area contributed by atoms with Gasteiger partial charge in [0.1, 0.15) is 5.76 Å². The summed E-state index contributed by atoms with van der Waals surface area (Å²) in [6.45, 7) is 0. The molecule has 0 aliphatic heterocycles. The molecular weight excluding hydrogens is 262 g/mol. The van der Waals surface area contributed by atoms with Crippen molar-refractivity contribution >= 4 is 11.0 Å². The molecule has 3 heterocycles. The van der Waals surface area contributed by atoms with Crippen molar-refractivity contribution in [3.8, 4) is 22.6 Å². The lowest BCUT2D eigenvalue weighted by atomic mass is 10.1. The summed E-state index contributed by atoms with van der Waals surface area (Å²) >= 11 is 0. The van der Waals surface area contributed by atoms with Gasteiger partial charge in [-0.1, -0.05) is 0 Å². The van der Waals surface area contributed by atoms with E-state index in [4.69, 9.17) is 4.42 Å². The molecule has 0 saturated heterocycles. The average molecular weight is 273 g/mol. The van der Waals surface area contributed by atoms with Crippen LogP contribution >= 0.6 is 0 Å². The minimum absolute atomic E-state index is 0.827. The summed E-state index contributed by atoms with van der Waals surface area (Å²) in [5, 5.41) is 0. The quantitative estimate of drug-likeness (QED) is 0.555. The Labute approximate surface area is 121 Å². The smallest absolute Gasteiger partial charge is 0.133 e. The Bertz CT molecular complexity index is 886. The molecular formula is C17H11N3O. The van der Waals surface area contributed by atoms with E-state index in [-0.39, 0.29) is 0 Å². The SMILES string of the molecule is c1coc(-c2ccc3ncc(-c4ccncc4)nc3c2)c1. The second-order valence-electron chi connectivity index (χ2n) is 4.67. The third-order valence-corrected chi connectivity index (χ3v) is 3.32. The topological polar surface area (TPSA) is 51.8 Å². The zero-order valence-electron chi connectivity index (χ0n) is 11.1. The molecule has 0 radical (unpaired) electrons. The second kappa shape index (κ2) is 4.83.